The number of fused-ring (bicyclic) bond motifs is 1. The van der Waals surface area contributed by atoms with Gasteiger partial charge in [0.2, 0.25) is 0 Å². The number of anilines is 1. The minimum atomic E-state index is -0.110. The summed E-state index contributed by atoms with van der Waals surface area (Å²) in [5.41, 5.74) is 7.52. The summed E-state index contributed by atoms with van der Waals surface area (Å²) in [6.45, 7) is 6.04. The highest BCUT2D eigenvalue weighted by Crippen LogP contribution is 2.26. The van der Waals surface area contributed by atoms with Crippen LogP contribution in [0.3, 0.4) is 0 Å². The lowest BCUT2D eigenvalue weighted by Gasteiger charge is -2.10. The van der Waals surface area contributed by atoms with E-state index >= 15 is 0 Å². The Bertz CT molecular complexity index is 1140. The van der Waals surface area contributed by atoms with Crippen LogP contribution in [0, 0.1) is 20.8 Å². The Labute approximate surface area is 158 Å². The summed E-state index contributed by atoms with van der Waals surface area (Å²) >= 11 is 0. The van der Waals surface area contributed by atoms with E-state index in [0.717, 1.165) is 39.3 Å². The van der Waals surface area contributed by atoms with Gasteiger partial charge < -0.3 is 9.72 Å². The van der Waals surface area contributed by atoms with Gasteiger partial charge in [0.25, 0.3) is 5.91 Å². The van der Waals surface area contributed by atoms with Gasteiger partial charge in [0, 0.05) is 29.2 Å². The van der Waals surface area contributed by atoms with Crippen LogP contribution in [0.5, 0.6) is 0 Å². The first-order valence-electron chi connectivity index (χ1n) is 8.94. The number of hydrogen-bond donors (Lipinski definition) is 1. The van der Waals surface area contributed by atoms with Crippen LogP contribution in [-0.2, 0) is 0 Å². The van der Waals surface area contributed by atoms with Crippen molar-refractivity contribution in [1.82, 2.24) is 9.38 Å². The summed E-state index contributed by atoms with van der Waals surface area (Å²) in [5, 5.41) is 3.03. The molecule has 0 fully saturated rings. The lowest BCUT2D eigenvalue weighted by atomic mass is 10.1. The van der Waals surface area contributed by atoms with Crippen LogP contribution in [0.1, 0.15) is 27.0 Å². The van der Waals surface area contributed by atoms with E-state index in [1.54, 1.807) is 0 Å². The van der Waals surface area contributed by atoms with Crippen molar-refractivity contribution in [1.29, 1.82) is 0 Å². The number of pyridine rings is 1. The molecule has 0 aliphatic carbocycles. The third-order valence-electron chi connectivity index (χ3n) is 4.77. The molecular weight excluding hydrogens is 334 g/mol. The molecule has 4 heteroatoms. The van der Waals surface area contributed by atoms with Crippen molar-refractivity contribution in [3.63, 3.8) is 0 Å². The number of imidazole rings is 1. The van der Waals surface area contributed by atoms with Crippen LogP contribution in [0.25, 0.3) is 16.9 Å². The van der Waals surface area contributed by atoms with Gasteiger partial charge in [-0.1, -0.05) is 35.9 Å². The van der Waals surface area contributed by atoms with E-state index in [1.165, 1.54) is 0 Å². The number of carbonyl (C=O) groups is 1. The van der Waals surface area contributed by atoms with Gasteiger partial charge in [0.05, 0.1) is 5.69 Å². The lowest BCUT2D eigenvalue weighted by Crippen LogP contribution is -2.12. The van der Waals surface area contributed by atoms with Crippen molar-refractivity contribution in [3.05, 3.63) is 89.2 Å². The SMILES string of the molecule is Cc1ccc(C(=O)Nc2cc(-c3cn4cccc(C)c4n3)ccc2C)cc1. The number of amides is 1. The molecule has 0 bridgehead atoms. The second kappa shape index (κ2) is 6.72. The summed E-state index contributed by atoms with van der Waals surface area (Å²) in [6.07, 6.45) is 4.01. The Balaban J connectivity index is 1.67. The molecule has 0 unspecified atom stereocenters. The van der Waals surface area contributed by atoms with E-state index in [0.29, 0.717) is 5.56 Å². The predicted molar refractivity (Wildman–Crippen MR) is 109 cm³/mol. The Kier molecular flexibility index (Phi) is 4.24. The molecule has 0 aliphatic rings. The Morgan fingerprint density at radius 2 is 1.74 bits per heavy atom. The van der Waals surface area contributed by atoms with Crippen molar-refractivity contribution in [2.75, 3.05) is 5.32 Å². The van der Waals surface area contributed by atoms with Crippen LogP contribution in [0.2, 0.25) is 0 Å². The molecule has 4 aromatic rings. The van der Waals surface area contributed by atoms with Crippen LogP contribution < -0.4 is 5.32 Å². The molecule has 27 heavy (non-hydrogen) atoms. The van der Waals surface area contributed by atoms with Gasteiger partial charge in [-0.3, -0.25) is 4.79 Å². The molecule has 0 spiro atoms. The molecule has 4 rings (SSSR count). The van der Waals surface area contributed by atoms with Gasteiger partial charge in [-0.2, -0.15) is 0 Å². The zero-order valence-electron chi connectivity index (χ0n) is 15.7. The molecule has 0 saturated carbocycles. The zero-order valence-corrected chi connectivity index (χ0v) is 15.7. The van der Waals surface area contributed by atoms with E-state index < -0.39 is 0 Å². The molecule has 2 aromatic carbocycles. The molecule has 4 nitrogen and oxygen atoms in total. The minimum Gasteiger partial charge on any atom is -0.322 e. The van der Waals surface area contributed by atoms with Crippen LogP contribution in [0.4, 0.5) is 5.69 Å². The normalized spacial score (nSPS) is 10.9. The van der Waals surface area contributed by atoms with E-state index in [1.807, 2.05) is 79.2 Å². The van der Waals surface area contributed by atoms with Gasteiger partial charge in [-0.25, -0.2) is 4.98 Å². The molecule has 0 atom stereocenters. The number of nitrogens with one attached hydrogen (secondary N) is 1. The largest absolute Gasteiger partial charge is 0.322 e. The molecule has 0 radical (unpaired) electrons. The van der Waals surface area contributed by atoms with Gasteiger partial charge in [-0.15, -0.1) is 0 Å². The predicted octanol–water partition coefficient (Wildman–Crippen LogP) is 5.18. The van der Waals surface area contributed by atoms with E-state index in [-0.39, 0.29) is 5.91 Å². The number of benzene rings is 2. The number of nitrogens with zero attached hydrogens (tertiary/aromatic N) is 2. The fourth-order valence-corrected chi connectivity index (χ4v) is 3.11. The highest BCUT2D eigenvalue weighted by Gasteiger charge is 2.11. The fraction of sp³-hybridized carbons (Fsp3) is 0.130. The van der Waals surface area contributed by atoms with Crippen LogP contribution in [0.15, 0.2) is 67.0 Å². The molecule has 0 aliphatic heterocycles. The molecule has 2 heterocycles. The maximum Gasteiger partial charge on any atom is 0.255 e. The maximum atomic E-state index is 12.6. The quantitative estimate of drug-likeness (QED) is 0.550. The molecule has 1 N–H and O–H groups in total. The van der Waals surface area contributed by atoms with Gasteiger partial charge in [0.15, 0.2) is 0 Å². The van der Waals surface area contributed by atoms with Crippen molar-refractivity contribution < 1.29 is 4.79 Å². The van der Waals surface area contributed by atoms with E-state index in [9.17, 15) is 4.79 Å². The van der Waals surface area contributed by atoms with Gasteiger partial charge >= 0.3 is 0 Å². The van der Waals surface area contributed by atoms with Crippen molar-refractivity contribution >= 4 is 17.2 Å². The topological polar surface area (TPSA) is 46.4 Å². The fourth-order valence-electron chi connectivity index (χ4n) is 3.11. The smallest absolute Gasteiger partial charge is 0.255 e. The number of aryl methyl sites for hydroxylation is 3. The highest BCUT2D eigenvalue weighted by molar-refractivity contribution is 6.05. The first-order valence-corrected chi connectivity index (χ1v) is 8.94. The first-order chi connectivity index (χ1) is 13.0. The van der Waals surface area contributed by atoms with Gasteiger partial charge in [0.1, 0.15) is 5.65 Å². The molecule has 2 aromatic heterocycles. The Morgan fingerprint density at radius 3 is 2.48 bits per heavy atom. The number of hydrogen-bond acceptors (Lipinski definition) is 2. The summed E-state index contributed by atoms with van der Waals surface area (Å²) < 4.78 is 2.02. The summed E-state index contributed by atoms with van der Waals surface area (Å²) in [6, 6.07) is 17.7. The third kappa shape index (κ3) is 3.34. The monoisotopic (exact) mass is 355 g/mol. The summed E-state index contributed by atoms with van der Waals surface area (Å²) in [4.78, 5) is 17.3. The number of carbonyl (C=O) groups excluding carboxylic acids is 1. The average molecular weight is 355 g/mol. The lowest BCUT2D eigenvalue weighted by molar-refractivity contribution is 0.102. The second-order valence-electron chi connectivity index (χ2n) is 6.90. The first kappa shape index (κ1) is 17.0. The van der Waals surface area contributed by atoms with Crippen molar-refractivity contribution in [2.24, 2.45) is 0 Å². The van der Waals surface area contributed by atoms with Crippen molar-refractivity contribution in [2.45, 2.75) is 20.8 Å². The summed E-state index contributed by atoms with van der Waals surface area (Å²) in [7, 11) is 0. The molecule has 0 saturated heterocycles. The molecule has 134 valence electrons. The Morgan fingerprint density at radius 1 is 0.963 bits per heavy atom. The summed E-state index contributed by atoms with van der Waals surface area (Å²) in [5.74, 6) is -0.110. The second-order valence-corrected chi connectivity index (χ2v) is 6.90. The minimum absolute atomic E-state index is 0.110. The molecule has 1 amide bonds. The Hall–Kier alpha value is -3.40. The number of aromatic nitrogens is 2. The van der Waals surface area contributed by atoms with Crippen LogP contribution in [-0.4, -0.2) is 15.3 Å². The standard InChI is InChI=1S/C23H21N3O/c1-15-6-9-18(10-7-15)23(27)25-20-13-19(11-8-16(20)2)21-14-26-12-4-5-17(3)22(26)24-21/h4-14H,1-3H3,(H,25,27). The average Bonchev–Trinajstić information content (AvgIpc) is 3.10. The third-order valence-corrected chi connectivity index (χ3v) is 4.77. The molecular formula is C23H21N3O. The highest BCUT2D eigenvalue weighted by atomic mass is 16.1. The van der Waals surface area contributed by atoms with E-state index in [2.05, 4.69) is 18.3 Å². The number of rotatable bonds is 3. The van der Waals surface area contributed by atoms with Crippen molar-refractivity contribution in [3.8, 4) is 11.3 Å². The van der Waals surface area contributed by atoms with E-state index in [4.69, 9.17) is 4.98 Å². The van der Waals surface area contributed by atoms with Gasteiger partial charge in [-0.05, 0) is 56.2 Å². The zero-order chi connectivity index (χ0) is 19.0. The maximum absolute atomic E-state index is 12.6. The van der Waals surface area contributed by atoms with Crippen LogP contribution >= 0.6 is 0 Å².